The van der Waals surface area contributed by atoms with E-state index < -0.39 is 0 Å². The van der Waals surface area contributed by atoms with Gasteiger partial charge < -0.3 is 18.8 Å². The maximum atomic E-state index is 13.2. The zero-order chi connectivity index (χ0) is 22.5. The summed E-state index contributed by atoms with van der Waals surface area (Å²) in [6.07, 6.45) is 2.17. The highest BCUT2D eigenvalue weighted by atomic mass is 16.5. The van der Waals surface area contributed by atoms with E-state index in [1.54, 1.807) is 19.2 Å². The van der Waals surface area contributed by atoms with Gasteiger partial charge in [0.25, 0.3) is 0 Å². The predicted molar refractivity (Wildman–Crippen MR) is 127 cm³/mol. The normalized spacial score (nSPS) is 12.1. The molecule has 4 aromatic rings. The van der Waals surface area contributed by atoms with Crippen LogP contribution in [-0.4, -0.2) is 32.6 Å². The van der Waals surface area contributed by atoms with Crippen molar-refractivity contribution in [1.29, 1.82) is 0 Å². The molecule has 5 heteroatoms. The molecule has 0 N–H and O–H groups in total. The maximum absolute atomic E-state index is 13.2. The monoisotopic (exact) mass is 429 g/mol. The summed E-state index contributed by atoms with van der Waals surface area (Å²) in [5.41, 5.74) is 2.89. The second-order valence-corrected chi connectivity index (χ2v) is 7.97. The van der Waals surface area contributed by atoms with E-state index in [1.807, 2.05) is 74.8 Å². The van der Waals surface area contributed by atoms with E-state index in [0.29, 0.717) is 22.3 Å². The van der Waals surface area contributed by atoms with Gasteiger partial charge in [-0.15, -0.1) is 0 Å². The summed E-state index contributed by atoms with van der Waals surface area (Å²) in [4.78, 5) is 15.3. The lowest BCUT2D eigenvalue weighted by Crippen LogP contribution is -2.19. The largest absolute Gasteiger partial charge is 0.497 e. The van der Waals surface area contributed by atoms with E-state index in [-0.39, 0.29) is 11.5 Å². The maximum Gasteiger partial charge on any atom is 0.200 e. The minimum absolute atomic E-state index is 0.0720. The molecule has 1 unspecified atom stereocenters. The van der Waals surface area contributed by atoms with E-state index in [0.717, 1.165) is 29.8 Å². The van der Waals surface area contributed by atoms with Crippen LogP contribution in [0.25, 0.3) is 22.1 Å². The molecule has 3 aromatic carbocycles. The number of nitrogens with zero attached hydrogens (tertiary/aromatic N) is 1. The van der Waals surface area contributed by atoms with Gasteiger partial charge in [0.2, 0.25) is 5.43 Å². The summed E-state index contributed by atoms with van der Waals surface area (Å²) in [6, 6.07) is 22.8. The SMILES string of the molecule is COc1ccc(C(CCN(C)C)Oc2ccc3occ(-c4ccccc4)c(=O)c3c2)cc1. The zero-order valence-electron chi connectivity index (χ0n) is 18.6. The molecule has 1 atom stereocenters. The third-order valence-corrected chi connectivity index (χ3v) is 5.43. The molecule has 5 nitrogen and oxygen atoms in total. The van der Waals surface area contributed by atoms with Crippen LogP contribution in [0.5, 0.6) is 11.5 Å². The zero-order valence-corrected chi connectivity index (χ0v) is 18.6. The molecule has 0 radical (unpaired) electrons. The van der Waals surface area contributed by atoms with Gasteiger partial charge in [0.05, 0.1) is 18.1 Å². The average molecular weight is 430 g/mol. The molecule has 0 fully saturated rings. The second kappa shape index (κ2) is 9.71. The van der Waals surface area contributed by atoms with Crippen LogP contribution in [-0.2, 0) is 0 Å². The summed E-state index contributed by atoms with van der Waals surface area (Å²) in [7, 11) is 5.73. The van der Waals surface area contributed by atoms with Gasteiger partial charge in [0.15, 0.2) is 0 Å². The first-order valence-electron chi connectivity index (χ1n) is 10.6. The van der Waals surface area contributed by atoms with Crippen LogP contribution in [0.1, 0.15) is 18.1 Å². The first kappa shape index (κ1) is 21.7. The molecular weight excluding hydrogens is 402 g/mol. The third kappa shape index (κ3) is 4.84. The number of rotatable bonds is 8. The van der Waals surface area contributed by atoms with Crippen LogP contribution in [0.15, 0.2) is 88.3 Å². The highest BCUT2D eigenvalue weighted by molar-refractivity contribution is 5.82. The summed E-state index contributed by atoms with van der Waals surface area (Å²) in [5, 5.41) is 0.505. The molecule has 1 aromatic heterocycles. The Balaban J connectivity index is 1.68. The first-order chi connectivity index (χ1) is 15.5. The molecule has 0 aliphatic rings. The topological polar surface area (TPSA) is 51.9 Å². The van der Waals surface area contributed by atoms with Gasteiger partial charge >= 0.3 is 0 Å². The van der Waals surface area contributed by atoms with E-state index in [1.165, 1.54) is 6.26 Å². The van der Waals surface area contributed by atoms with Crippen LogP contribution in [0, 0.1) is 0 Å². The van der Waals surface area contributed by atoms with Crippen molar-refractivity contribution in [2.24, 2.45) is 0 Å². The molecule has 0 saturated heterocycles. The van der Waals surface area contributed by atoms with E-state index in [4.69, 9.17) is 13.9 Å². The molecule has 0 bridgehead atoms. The molecule has 1 heterocycles. The molecule has 4 rings (SSSR count). The van der Waals surface area contributed by atoms with Crippen molar-refractivity contribution < 1.29 is 13.9 Å². The summed E-state index contributed by atoms with van der Waals surface area (Å²) < 4.78 is 17.4. The van der Waals surface area contributed by atoms with Crippen LogP contribution in [0.4, 0.5) is 0 Å². The lowest BCUT2D eigenvalue weighted by atomic mass is 10.0. The predicted octanol–water partition coefficient (Wildman–Crippen LogP) is 5.54. The molecule has 164 valence electrons. The van der Waals surface area contributed by atoms with Gasteiger partial charge in [-0.1, -0.05) is 42.5 Å². The van der Waals surface area contributed by atoms with E-state index >= 15 is 0 Å². The summed E-state index contributed by atoms with van der Waals surface area (Å²) >= 11 is 0. The van der Waals surface area contributed by atoms with Crippen LogP contribution in [0.2, 0.25) is 0 Å². The van der Waals surface area contributed by atoms with Gasteiger partial charge in [-0.2, -0.15) is 0 Å². The molecule has 0 amide bonds. The number of fused-ring (bicyclic) bond motifs is 1. The summed E-state index contributed by atoms with van der Waals surface area (Å²) in [6.45, 7) is 0.866. The van der Waals surface area contributed by atoms with Gasteiger partial charge in [0, 0.05) is 13.0 Å². The lowest BCUT2D eigenvalue weighted by Gasteiger charge is -2.22. The Morgan fingerprint density at radius 2 is 1.66 bits per heavy atom. The Morgan fingerprint density at radius 3 is 2.34 bits per heavy atom. The average Bonchev–Trinajstić information content (AvgIpc) is 2.83. The van der Waals surface area contributed by atoms with Crippen LogP contribution >= 0.6 is 0 Å². The number of benzene rings is 3. The van der Waals surface area contributed by atoms with Crippen LogP contribution < -0.4 is 14.9 Å². The fourth-order valence-corrected chi connectivity index (χ4v) is 3.65. The molecule has 0 aliphatic heterocycles. The van der Waals surface area contributed by atoms with Crippen molar-refractivity contribution in [1.82, 2.24) is 4.90 Å². The standard InChI is InChI=1S/C27H27NO4/c1-28(2)16-15-25(20-9-11-21(30-3)12-10-20)32-22-13-14-26-23(17-22)27(29)24(18-31-26)19-7-5-4-6-8-19/h4-14,17-18,25H,15-16H2,1-3H3. The highest BCUT2D eigenvalue weighted by Gasteiger charge is 2.16. The van der Waals surface area contributed by atoms with E-state index in [9.17, 15) is 4.79 Å². The lowest BCUT2D eigenvalue weighted by molar-refractivity contribution is 0.179. The number of ether oxygens (including phenoxy) is 2. The van der Waals surface area contributed by atoms with Gasteiger partial charge in [-0.25, -0.2) is 0 Å². The van der Waals surface area contributed by atoms with Crippen LogP contribution in [0.3, 0.4) is 0 Å². The van der Waals surface area contributed by atoms with Gasteiger partial charge in [-0.05, 0) is 55.6 Å². The van der Waals surface area contributed by atoms with Crippen molar-refractivity contribution >= 4 is 11.0 Å². The van der Waals surface area contributed by atoms with Crippen molar-refractivity contribution in [2.45, 2.75) is 12.5 Å². The molecule has 32 heavy (non-hydrogen) atoms. The van der Waals surface area contributed by atoms with E-state index in [2.05, 4.69) is 4.90 Å². The number of hydrogen-bond donors (Lipinski definition) is 0. The smallest absolute Gasteiger partial charge is 0.200 e. The van der Waals surface area contributed by atoms with Gasteiger partial charge in [0.1, 0.15) is 29.4 Å². The Kier molecular flexibility index (Phi) is 6.57. The Bertz CT molecular complexity index is 1230. The molecular formula is C27H27NO4. The fraction of sp³-hybridized carbons (Fsp3) is 0.222. The number of hydrogen-bond acceptors (Lipinski definition) is 5. The Labute approximate surface area is 187 Å². The van der Waals surface area contributed by atoms with Crippen molar-refractivity contribution in [3.05, 3.63) is 94.8 Å². The molecule has 0 spiro atoms. The number of methoxy groups -OCH3 is 1. The van der Waals surface area contributed by atoms with Crippen molar-refractivity contribution in [3.63, 3.8) is 0 Å². The molecule has 0 aliphatic carbocycles. The van der Waals surface area contributed by atoms with Gasteiger partial charge in [-0.3, -0.25) is 4.79 Å². The highest BCUT2D eigenvalue weighted by Crippen LogP contribution is 2.29. The second-order valence-electron chi connectivity index (χ2n) is 7.97. The Hall–Kier alpha value is -3.57. The molecule has 0 saturated carbocycles. The summed E-state index contributed by atoms with van der Waals surface area (Å²) in [5.74, 6) is 1.44. The minimum Gasteiger partial charge on any atom is -0.497 e. The minimum atomic E-state index is -0.162. The van der Waals surface area contributed by atoms with Crippen molar-refractivity contribution in [2.75, 3.05) is 27.7 Å². The first-order valence-corrected chi connectivity index (χ1v) is 10.6. The third-order valence-electron chi connectivity index (χ3n) is 5.43. The Morgan fingerprint density at radius 1 is 0.938 bits per heavy atom. The quantitative estimate of drug-likeness (QED) is 0.368. The fourth-order valence-electron chi connectivity index (χ4n) is 3.65. The van der Waals surface area contributed by atoms with Crippen molar-refractivity contribution in [3.8, 4) is 22.6 Å².